The summed E-state index contributed by atoms with van der Waals surface area (Å²) in [5, 5.41) is 38.8. The summed E-state index contributed by atoms with van der Waals surface area (Å²) in [6.07, 6.45) is -17.1. The fourth-order valence-corrected chi connectivity index (χ4v) is 11.5. The number of aliphatic carboxylic acids is 1. The Morgan fingerprint density at radius 1 is 0.800 bits per heavy atom. The van der Waals surface area contributed by atoms with Crippen LogP contribution in [0.25, 0.3) is 0 Å². The number of hydrogen-bond acceptors (Lipinski definition) is 20. The molecule has 2 bridgehead atoms. The Morgan fingerprint density at radius 2 is 1.38 bits per heavy atom. The molecule has 3 fully saturated rings. The number of esters is 5. The van der Waals surface area contributed by atoms with E-state index in [0.29, 0.717) is 19.8 Å². The van der Waals surface area contributed by atoms with Gasteiger partial charge in [0.25, 0.3) is 5.91 Å². The number of carbonyl (C=O) groups excluding carboxylic acids is 8. The lowest BCUT2D eigenvalue weighted by Crippen LogP contribution is -2.82. The van der Waals surface area contributed by atoms with Crippen molar-refractivity contribution in [1.29, 1.82) is 0 Å². The molecule has 85 heavy (non-hydrogen) atoms. The van der Waals surface area contributed by atoms with Gasteiger partial charge in [0.2, 0.25) is 12.0 Å². The Kier molecular flexibility index (Phi) is 22.0. The number of alkyl halides is 3. The van der Waals surface area contributed by atoms with Crippen molar-refractivity contribution in [2.24, 2.45) is 22.5 Å². The van der Waals surface area contributed by atoms with Crippen molar-refractivity contribution in [2.75, 3.05) is 46.1 Å². The minimum absolute atomic E-state index is 0.0257. The van der Waals surface area contributed by atoms with E-state index in [-0.39, 0.29) is 67.0 Å². The number of halogens is 3. The van der Waals surface area contributed by atoms with Crippen LogP contribution < -0.4 is 16.4 Å². The number of Topliss-reactive ketones (excluding diaryl/α,β-unsaturated/α-hetero) is 1. The standard InChI is InChI=1S/C57H69N3O18.C2HF3O2/c1-33-39(75-53(69)47(76-43(65)23-22-42(64)59-25-27-72-29-28-71-26-24-58)45(36-16-10-7-11-17-36)60-51(67)37-18-12-8-13-19-37)31-57(70)50(77-52(68)38-20-14-9-15-21-38)48-55(6,40(63)30-41-56(48,32-73-41)78-35(3)62)49(66)46(74-34(2)61)44(33)54(57,4)5;3-2(4,5)1(6)7/h7-21,39-41,45-48,50,63,70H,22-32,58H2,1-6H3,(H,59,64)(H,60,67);(H,6,7)/t39-,40-,41+,45-,46+,47+,48?,50-,55+,56-,57+;/m0./s1. The molecule has 0 aromatic heterocycles. The second kappa shape index (κ2) is 28.1. The molecule has 3 aliphatic carbocycles. The predicted octanol–water partition coefficient (Wildman–Crippen LogP) is 3.81. The molecule has 4 aliphatic rings. The average Bonchev–Trinajstić information content (AvgIpc) is 0.855. The Hall–Kier alpha value is -7.62. The molecule has 7 rings (SSSR count). The molecule has 2 amide bonds. The lowest BCUT2D eigenvalue weighted by atomic mass is 9.44. The molecule has 1 unspecified atom stereocenters. The molecule has 3 aromatic carbocycles. The van der Waals surface area contributed by atoms with Crippen molar-refractivity contribution in [1.82, 2.24) is 10.6 Å². The number of aliphatic hydroxyl groups is 2. The van der Waals surface area contributed by atoms with E-state index in [2.05, 4.69) is 10.6 Å². The first-order valence-electron chi connectivity index (χ1n) is 27.2. The van der Waals surface area contributed by atoms with Crippen molar-refractivity contribution in [3.8, 4) is 0 Å². The van der Waals surface area contributed by atoms with Crippen LogP contribution in [0.1, 0.15) is 99.5 Å². The molecule has 1 saturated heterocycles. The number of nitrogens with two attached hydrogens (primary N) is 1. The number of carboxylic acid groups (broad SMARTS) is 1. The number of carboxylic acids is 1. The fraction of sp³-hybridized carbons (Fsp3) is 0.508. The molecule has 26 heteroatoms. The summed E-state index contributed by atoms with van der Waals surface area (Å²) in [6, 6.07) is 22.4. The van der Waals surface area contributed by atoms with Crippen LogP contribution in [0.5, 0.6) is 0 Å². The third-order valence-corrected chi connectivity index (χ3v) is 15.7. The van der Waals surface area contributed by atoms with Gasteiger partial charge in [-0.25, -0.2) is 14.4 Å². The largest absolute Gasteiger partial charge is 0.490 e. The number of amides is 2. The molecule has 2 saturated carbocycles. The Morgan fingerprint density at radius 3 is 1.92 bits per heavy atom. The number of carbonyl (C=O) groups is 9. The number of benzene rings is 3. The van der Waals surface area contributed by atoms with Crippen LogP contribution in [0.15, 0.2) is 102 Å². The highest BCUT2D eigenvalue weighted by molar-refractivity contribution is 5.96. The van der Waals surface area contributed by atoms with Gasteiger partial charge in [0, 0.05) is 57.2 Å². The first-order valence-corrected chi connectivity index (χ1v) is 27.2. The van der Waals surface area contributed by atoms with E-state index in [4.69, 9.17) is 53.5 Å². The molecular weight excluding hydrogens is 1130 g/mol. The second-order valence-electron chi connectivity index (χ2n) is 21.5. The van der Waals surface area contributed by atoms with Gasteiger partial charge in [0.05, 0.1) is 62.5 Å². The predicted molar refractivity (Wildman–Crippen MR) is 288 cm³/mol. The molecule has 23 nitrogen and oxygen atoms in total. The van der Waals surface area contributed by atoms with Gasteiger partial charge in [-0.05, 0) is 54.8 Å². The van der Waals surface area contributed by atoms with E-state index in [0.717, 1.165) is 13.8 Å². The molecule has 1 aliphatic heterocycles. The van der Waals surface area contributed by atoms with Crippen LogP contribution >= 0.6 is 0 Å². The molecular formula is C59H70F3N3O20. The zero-order valence-corrected chi connectivity index (χ0v) is 47.6. The zero-order valence-electron chi connectivity index (χ0n) is 47.6. The summed E-state index contributed by atoms with van der Waals surface area (Å²) in [4.78, 5) is 122. The van der Waals surface area contributed by atoms with Crippen molar-refractivity contribution in [3.63, 3.8) is 0 Å². The van der Waals surface area contributed by atoms with E-state index >= 15 is 9.59 Å². The third-order valence-electron chi connectivity index (χ3n) is 15.7. The Balaban J connectivity index is 0.00000155. The number of ether oxygens (including phenoxy) is 8. The molecule has 11 atom stereocenters. The lowest BCUT2D eigenvalue weighted by molar-refractivity contribution is -0.346. The quantitative estimate of drug-likeness (QED) is 0.0360. The number of fused-ring (bicyclic) bond motifs is 5. The van der Waals surface area contributed by atoms with Crippen LogP contribution in [0, 0.1) is 16.7 Å². The van der Waals surface area contributed by atoms with E-state index < -0.39 is 143 Å². The van der Waals surface area contributed by atoms with Gasteiger partial charge in [-0.1, -0.05) is 80.6 Å². The average molecular weight is 1200 g/mol. The highest BCUT2D eigenvalue weighted by atomic mass is 19.4. The summed E-state index contributed by atoms with van der Waals surface area (Å²) in [7, 11) is 0. The SMILES string of the molecule is CC(=O)O[C@H]1C(=O)[C@@]2(C)C([C@H](OC(=O)c3ccccc3)[C@]3(O)C[C@H](OC(=O)[C@H](OC(=O)CCC(=O)NCCOCCOCCN)[C@@H](NC(=O)c4ccccc4)c4ccccc4)C(C)=C1C3(C)C)[C@]1(OC(C)=O)CO[C@@H]1C[C@@H]2O.O=C(O)C(F)(F)F. The van der Waals surface area contributed by atoms with Gasteiger partial charge in [-0.15, -0.1) is 0 Å². The molecule has 0 spiro atoms. The monoisotopic (exact) mass is 1200 g/mol. The van der Waals surface area contributed by atoms with E-state index in [1.54, 1.807) is 66.7 Å². The highest BCUT2D eigenvalue weighted by Gasteiger charge is 2.78. The number of aliphatic hydroxyl groups excluding tert-OH is 1. The highest BCUT2D eigenvalue weighted by Crippen LogP contribution is 2.64. The van der Waals surface area contributed by atoms with Gasteiger partial charge in [0.1, 0.15) is 30.0 Å². The number of rotatable bonds is 22. The maximum absolute atomic E-state index is 15.8. The second-order valence-corrected chi connectivity index (χ2v) is 21.5. The molecule has 462 valence electrons. The molecule has 7 N–H and O–H groups in total. The zero-order chi connectivity index (χ0) is 62.7. The molecule has 1 heterocycles. The van der Waals surface area contributed by atoms with Crippen LogP contribution in [-0.4, -0.2) is 169 Å². The van der Waals surface area contributed by atoms with Gasteiger partial charge in [-0.3, -0.25) is 28.8 Å². The van der Waals surface area contributed by atoms with Crippen LogP contribution in [-0.2, 0) is 71.5 Å². The Labute approximate surface area is 486 Å². The normalized spacial score (nSPS) is 26.2. The minimum atomic E-state index is -5.08. The van der Waals surface area contributed by atoms with E-state index in [1.807, 2.05) is 0 Å². The van der Waals surface area contributed by atoms with Crippen molar-refractivity contribution in [3.05, 3.63) is 119 Å². The van der Waals surface area contributed by atoms with Crippen molar-refractivity contribution < 1.29 is 110 Å². The van der Waals surface area contributed by atoms with Gasteiger partial charge in [0.15, 0.2) is 17.5 Å². The smallest absolute Gasteiger partial charge is 0.475 e. The maximum Gasteiger partial charge on any atom is 0.490 e. The van der Waals surface area contributed by atoms with Gasteiger partial charge in [-0.2, -0.15) is 13.2 Å². The number of nitrogens with one attached hydrogen (secondary N) is 2. The summed E-state index contributed by atoms with van der Waals surface area (Å²) < 4.78 is 79.3. The number of hydrogen-bond donors (Lipinski definition) is 6. The summed E-state index contributed by atoms with van der Waals surface area (Å²) in [5.74, 6) is -11.6. The van der Waals surface area contributed by atoms with Crippen molar-refractivity contribution >= 4 is 53.4 Å². The Bertz CT molecular complexity index is 2950. The lowest BCUT2D eigenvalue weighted by Gasteiger charge is -2.67. The summed E-state index contributed by atoms with van der Waals surface area (Å²) >= 11 is 0. The van der Waals surface area contributed by atoms with E-state index in [1.165, 1.54) is 52.0 Å². The topological polar surface area (TPSA) is 338 Å². The van der Waals surface area contributed by atoms with Crippen LogP contribution in [0.4, 0.5) is 13.2 Å². The first-order chi connectivity index (χ1) is 40.0. The first kappa shape index (κ1) is 66.5. The number of ketones is 1. The van der Waals surface area contributed by atoms with E-state index in [9.17, 15) is 52.2 Å². The van der Waals surface area contributed by atoms with Crippen LogP contribution in [0.2, 0.25) is 0 Å². The fourth-order valence-electron chi connectivity index (χ4n) is 11.5. The maximum atomic E-state index is 15.8. The molecule has 3 aromatic rings. The van der Waals surface area contributed by atoms with Crippen LogP contribution in [0.3, 0.4) is 0 Å². The molecule has 0 radical (unpaired) electrons. The van der Waals surface area contributed by atoms with Crippen molar-refractivity contribution in [2.45, 2.75) is 127 Å². The van der Waals surface area contributed by atoms with Gasteiger partial charge < -0.3 is 69.6 Å². The summed E-state index contributed by atoms with van der Waals surface area (Å²) in [5.41, 5.74) is -2.31. The minimum Gasteiger partial charge on any atom is -0.475 e. The third kappa shape index (κ3) is 14.9. The summed E-state index contributed by atoms with van der Waals surface area (Å²) in [6.45, 7) is 9.33. The van der Waals surface area contributed by atoms with Gasteiger partial charge >= 0.3 is 42.0 Å².